The normalized spacial score (nSPS) is 17.5. The highest BCUT2D eigenvalue weighted by atomic mass is 35.5. The van der Waals surface area contributed by atoms with E-state index in [0.717, 1.165) is 16.7 Å². The molecule has 11 heteroatoms. The topological polar surface area (TPSA) is 106 Å². The molecule has 0 saturated carbocycles. The fourth-order valence-corrected chi connectivity index (χ4v) is 4.46. The molecule has 178 valence electrons. The molecular weight excluding hydrogens is 484 g/mol. The molecule has 0 atom stereocenters. The van der Waals surface area contributed by atoms with Crippen molar-refractivity contribution in [3.05, 3.63) is 51.6 Å². The van der Waals surface area contributed by atoms with Crippen LogP contribution in [-0.4, -0.2) is 72.3 Å². The Hall–Kier alpha value is -3.08. The number of imide groups is 1. The molecule has 34 heavy (non-hydrogen) atoms. The molecular formula is C23H21ClN2O7S. The van der Waals surface area contributed by atoms with Crippen molar-refractivity contribution in [1.29, 1.82) is 0 Å². The van der Waals surface area contributed by atoms with Crippen LogP contribution in [0.2, 0.25) is 5.02 Å². The fraction of sp³-hybridized carbons (Fsp3) is 0.304. The van der Waals surface area contributed by atoms with E-state index < -0.39 is 17.1 Å². The Labute approximate surface area is 204 Å². The number of thioether (sulfide) groups is 1. The first-order valence-electron chi connectivity index (χ1n) is 10.5. The summed E-state index contributed by atoms with van der Waals surface area (Å²) in [5.41, 5.74) is 0.807. The van der Waals surface area contributed by atoms with Crippen LogP contribution in [0.1, 0.15) is 23.0 Å². The van der Waals surface area contributed by atoms with Gasteiger partial charge >= 0.3 is 5.97 Å². The number of amides is 3. The maximum absolute atomic E-state index is 12.7. The number of benzene rings is 1. The molecule has 0 spiro atoms. The molecule has 2 fully saturated rings. The number of rotatable bonds is 6. The summed E-state index contributed by atoms with van der Waals surface area (Å²) in [5.74, 6) is -0.609. The average molecular weight is 505 g/mol. The molecule has 2 aliphatic rings. The minimum absolute atomic E-state index is 0.156. The smallest absolute Gasteiger partial charge is 0.339 e. The Morgan fingerprint density at radius 2 is 1.94 bits per heavy atom. The summed E-state index contributed by atoms with van der Waals surface area (Å²) in [6.45, 7) is 3.34. The van der Waals surface area contributed by atoms with E-state index in [4.69, 9.17) is 25.5 Å². The Balaban J connectivity index is 1.48. The van der Waals surface area contributed by atoms with E-state index in [9.17, 15) is 19.2 Å². The van der Waals surface area contributed by atoms with E-state index in [0.29, 0.717) is 43.4 Å². The van der Waals surface area contributed by atoms with Crippen molar-refractivity contribution in [3.63, 3.8) is 0 Å². The molecule has 1 aromatic heterocycles. The predicted molar refractivity (Wildman–Crippen MR) is 125 cm³/mol. The Morgan fingerprint density at radius 3 is 2.68 bits per heavy atom. The third kappa shape index (κ3) is 5.19. The summed E-state index contributed by atoms with van der Waals surface area (Å²) in [5, 5.41) is -0.254. The summed E-state index contributed by atoms with van der Waals surface area (Å²) in [4.78, 5) is 52.3. The number of ether oxygens (including phenoxy) is 2. The van der Waals surface area contributed by atoms with Gasteiger partial charge in [0.1, 0.15) is 18.1 Å². The number of nitrogens with zero attached hydrogens (tertiary/aromatic N) is 2. The molecule has 0 aliphatic carbocycles. The van der Waals surface area contributed by atoms with Gasteiger partial charge in [0.15, 0.2) is 0 Å². The van der Waals surface area contributed by atoms with Crippen molar-refractivity contribution < 1.29 is 33.1 Å². The summed E-state index contributed by atoms with van der Waals surface area (Å²) in [6.07, 6.45) is 1.45. The number of hydrogen-bond acceptors (Lipinski definition) is 8. The van der Waals surface area contributed by atoms with Crippen molar-refractivity contribution in [2.24, 2.45) is 0 Å². The van der Waals surface area contributed by atoms with Crippen LogP contribution < -0.4 is 0 Å². The highest BCUT2D eigenvalue weighted by Crippen LogP contribution is 2.34. The number of halogens is 1. The average Bonchev–Trinajstić information content (AvgIpc) is 3.40. The first-order valence-corrected chi connectivity index (χ1v) is 11.7. The predicted octanol–water partition coefficient (Wildman–Crippen LogP) is 3.67. The lowest BCUT2D eigenvalue weighted by atomic mass is 10.1. The molecule has 3 heterocycles. The van der Waals surface area contributed by atoms with Gasteiger partial charge in [0.25, 0.3) is 11.1 Å². The zero-order chi connectivity index (χ0) is 24.2. The van der Waals surface area contributed by atoms with Gasteiger partial charge in [-0.2, -0.15) is 0 Å². The lowest BCUT2D eigenvalue weighted by Crippen LogP contribution is -2.46. The van der Waals surface area contributed by atoms with Gasteiger partial charge in [-0.15, -0.1) is 0 Å². The number of carbonyl (C=O) groups excluding carboxylic acids is 4. The van der Waals surface area contributed by atoms with Gasteiger partial charge in [-0.05, 0) is 49.0 Å². The lowest BCUT2D eigenvalue weighted by Gasteiger charge is -2.27. The maximum Gasteiger partial charge on any atom is 0.339 e. The second-order valence-corrected chi connectivity index (χ2v) is 8.78. The van der Waals surface area contributed by atoms with Crippen LogP contribution in [0, 0.1) is 0 Å². The number of carbonyl (C=O) groups is 4. The van der Waals surface area contributed by atoms with E-state index in [1.54, 1.807) is 42.2 Å². The van der Waals surface area contributed by atoms with Gasteiger partial charge in [0.05, 0.1) is 35.3 Å². The third-order valence-electron chi connectivity index (χ3n) is 5.18. The van der Waals surface area contributed by atoms with E-state index >= 15 is 0 Å². The second kappa shape index (κ2) is 10.5. The van der Waals surface area contributed by atoms with Crippen molar-refractivity contribution in [1.82, 2.24) is 9.80 Å². The summed E-state index contributed by atoms with van der Waals surface area (Å²) < 4.78 is 16.0. The van der Waals surface area contributed by atoms with E-state index in [-0.39, 0.29) is 34.6 Å². The van der Waals surface area contributed by atoms with Crippen LogP contribution in [-0.2, 0) is 19.1 Å². The standard InChI is InChI=1S/C23H21ClN2O7S/c1-2-32-22(29)16-11-14(3-5-17(16)24)18-6-4-15(33-18)12-19-21(28)26(23(30)34-19)13-20(27)25-7-9-31-10-8-25/h3-6,11-12H,2,7-10,13H2,1H3/b19-12+. The Morgan fingerprint density at radius 1 is 1.18 bits per heavy atom. The lowest BCUT2D eigenvalue weighted by molar-refractivity contribution is -0.139. The van der Waals surface area contributed by atoms with Gasteiger partial charge in [-0.3, -0.25) is 19.3 Å². The molecule has 9 nitrogen and oxygen atoms in total. The first-order chi connectivity index (χ1) is 16.4. The van der Waals surface area contributed by atoms with Crippen LogP contribution in [0.25, 0.3) is 17.4 Å². The zero-order valence-corrected chi connectivity index (χ0v) is 19.8. The maximum atomic E-state index is 12.7. The Bertz CT molecular complexity index is 1170. The largest absolute Gasteiger partial charge is 0.462 e. The molecule has 2 aliphatic heterocycles. The fourth-order valence-electron chi connectivity index (χ4n) is 3.44. The van der Waals surface area contributed by atoms with Gasteiger partial charge < -0.3 is 18.8 Å². The number of furan rings is 1. The summed E-state index contributed by atoms with van der Waals surface area (Å²) in [7, 11) is 0. The van der Waals surface area contributed by atoms with Crippen LogP contribution in [0.4, 0.5) is 4.79 Å². The van der Waals surface area contributed by atoms with Gasteiger partial charge in [-0.1, -0.05) is 11.6 Å². The molecule has 2 aromatic rings. The Kier molecular flexibility index (Phi) is 7.40. The monoisotopic (exact) mass is 504 g/mol. The number of morpholine rings is 1. The van der Waals surface area contributed by atoms with E-state index in [1.165, 1.54) is 6.08 Å². The van der Waals surface area contributed by atoms with Gasteiger partial charge in [0, 0.05) is 24.7 Å². The molecule has 1 aromatic carbocycles. The van der Waals surface area contributed by atoms with Gasteiger partial charge in [0.2, 0.25) is 5.91 Å². The van der Waals surface area contributed by atoms with E-state index in [2.05, 4.69) is 0 Å². The van der Waals surface area contributed by atoms with Crippen molar-refractivity contribution >= 4 is 52.5 Å². The molecule has 0 N–H and O–H groups in total. The quantitative estimate of drug-likeness (QED) is 0.433. The first kappa shape index (κ1) is 24.1. The van der Waals surface area contributed by atoms with Crippen molar-refractivity contribution in [2.45, 2.75) is 6.92 Å². The minimum Gasteiger partial charge on any atom is -0.462 e. The van der Waals surface area contributed by atoms with Gasteiger partial charge in [-0.25, -0.2) is 4.79 Å². The SMILES string of the molecule is CCOC(=O)c1cc(-c2ccc(/C=C3/SC(=O)N(CC(=O)N4CCOCC4)C3=O)o2)ccc1Cl. The molecule has 0 radical (unpaired) electrons. The molecule has 3 amide bonds. The van der Waals surface area contributed by atoms with Crippen LogP contribution >= 0.6 is 23.4 Å². The molecule has 2 saturated heterocycles. The summed E-state index contributed by atoms with van der Waals surface area (Å²) in [6, 6.07) is 8.14. The molecule has 0 bridgehead atoms. The second-order valence-electron chi connectivity index (χ2n) is 7.38. The van der Waals surface area contributed by atoms with Crippen LogP contribution in [0.5, 0.6) is 0 Å². The number of hydrogen-bond donors (Lipinski definition) is 0. The van der Waals surface area contributed by atoms with E-state index in [1.807, 2.05) is 0 Å². The highest BCUT2D eigenvalue weighted by Gasteiger charge is 2.37. The van der Waals surface area contributed by atoms with Crippen molar-refractivity contribution in [3.8, 4) is 11.3 Å². The molecule has 4 rings (SSSR count). The minimum atomic E-state index is -0.550. The zero-order valence-electron chi connectivity index (χ0n) is 18.2. The summed E-state index contributed by atoms with van der Waals surface area (Å²) >= 11 is 6.86. The number of esters is 1. The third-order valence-corrected chi connectivity index (χ3v) is 6.41. The van der Waals surface area contributed by atoms with Crippen LogP contribution in [0.3, 0.4) is 0 Å². The molecule has 0 unspecified atom stereocenters. The van der Waals surface area contributed by atoms with Crippen molar-refractivity contribution in [2.75, 3.05) is 39.5 Å². The highest BCUT2D eigenvalue weighted by molar-refractivity contribution is 8.18. The van der Waals surface area contributed by atoms with Crippen LogP contribution in [0.15, 0.2) is 39.7 Å².